The van der Waals surface area contributed by atoms with Crippen LogP contribution in [0.4, 0.5) is 0 Å². The zero-order valence-electron chi connectivity index (χ0n) is 10.4. The zero-order chi connectivity index (χ0) is 12.9. The third kappa shape index (κ3) is 6.11. The maximum Gasteiger partial charge on any atom is 0.213 e. The molecule has 0 aliphatic carbocycles. The number of nitrogens with one attached hydrogen (secondary N) is 2. The van der Waals surface area contributed by atoms with Crippen molar-refractivity contribution in [1.82, 2.24) is 15.0 Å². The molecule has 0 saturated carbocycles. The lowest BCUT2D eigenvalue weighted by Crippen LogP contribution is -2.34. The third-order valence-electron chi connectivity index (χ3n) is 2.03. The van der Waals surface area contributed by atoms with Crippen LogP contribution >= 0.6 is 11.3 Å². The number of hydrogen-bond acceptors (Lipinski definition) is 5. The molecule has 0 aromatic carbocycles. The number of rotatable bonds is 7. The molecule has 0 radical (unpaired) electrons. The number of aryl methyl sites for hydroxylation is 1. The average molecular weight is 277 g/mol. The van der Waals surface area contributed by atoms with Crippen LogP contribution in [0.15, 0.2) is 5.38 Å². The van der Waals surface area contributed by atoms with Crippen molar-refractivity contribution in [2.24, 2.45) is 0 Å². The van der Waals surface area contributed by atoms with Crippen LogP contribution in [0.1, 0.15) is 24.5 Å². The highest BCUT2D eigenvalue weighted by Crippen LogP contribution is 2.08. The molecule has 1 aromatic heterocycles. The van der Waals surface area contributed by atoms with Crippen molar-refractivity contribution < 1.29 is 8.42 Å². The zero-order valence-corrected chi connectivity index (χ0v) is 12.0. The Labute approximate surface area is 107 Å². The van der Waals surface area contributed by atoms with Gasteiger partial charge in [-0.2, -0.15) is 0 Å². The van der Waals surface area contributed by atoms with E-state index in [-0.39, 0.29) is 12.3 Å². The van der Waals surface area contributed by atoms with Crippen molar-refractivity contribution in [3.8, 4) is 0 Å². The summed E-state index contributed by atoms with van der Waals surface area (Å²) in [5.41, 5.74) is 0.922. The van der Waals surface area contributed by atoms with Crippen molar-refractivity contribution in [2.75, 3.05) is 12.3 Å². The molecule has 7 heteroatoms. The molecule has 17 heavy (non-hydrogen) atoms. The van der Waals surface area contributed by atoms with Crippen molar-refractivity contribution in [1.29, 1.82) is 0 Å². The van der Waals surface area contributed by atoms with Gasteiger partial charge in [-0.25, -0.2) is 18.1 Å². The summed E-state index contributed by atoms with van der Waals surface area (Å²) in [6.45, 7) is 6.60. The van der Waals surface area contributed by atoms with E-state index in [1.165, 1.54) is 11.3 Å². The van der Waals surface area contributed by atoms with Crippen LogP contribution in [-0.4, -0.2) is 31.7 Å². The molecule has 0 spiro atoms. The van der Waals surface area contributed by atoms with Gasteiger partial charge in [0.05, 0.1) is 12.3 Å². The van der Waals surface area contributed by atoms with Crippen LogP contribution in [0, 0.1) is 6.92 Å². The Kier molecular flexibility index (Phi) is 5.51. The van der Waals surface area contributed by atoms with Gasteiger partial charge in [-0.1, -0.05) is 13.8 Å². The van der Waals surface area contributed by atoms with Gasteiger partial charge in [0.25, 0.3) is 0 Å². The summed E-state index contributed by atoms with van der Waals surface area (Å²) in [5, 5.41) is 5.77. The smallest absolute Gasteiger partial charge is 0.213 e. The van der Waals surface area contributed by atoms with Gasteiger partial charge in [-0.3, -0.25) is 0 Å². The van der Waals surface area contributed by atoms with Crippen LogP contribution in [0.2, 0.25) is 0 Å². The normalized spacial score (nSPS) is 12.2. The van der Waals surface area contributed by atoms with Gasteiger partial charge in [-0.05, 0) is 6.92 Å². The highest BCUT2D eigenvalue weighted by Gasteiger charge is 2.10. The fourth-order valence-corrected chi connectivity index (χ4v) is 2.90. The minimum Gasteiger partial charge on any atom is -0.313 e. The lowest BCUT2D eigenvalue weighted by molar-refractivity contribution is 0.566. The highest BCUT2D eigenvalue weighted by atomic mass is 32.2. The van der Waals surface area contributed by atoms with Gasteiger partial charge in [0, 0.05) is 23.7 Å². The molecule has 0 saturated heterocycles. The van der Waals surface area contributed by atoms with E-state index < -0.39 is 10.0 Å². The molecule has 5 nitrogen and oxygen atoms in total. The largest absolute Gasteiger partial charge is 0.313 e. The van der Waals surface area contributed by atoms with Crippen LogP contribution in [0.5, 0.6) is 0 Å². The highest BCUT2D eigenvalue weighted by molar-refractivity contribution is 7.89. The molecule has 2 N–H and O–H groups in total. The van der Waals surface area contributed by atoms with Crippen LogP contribution in [0.3, 0.4) is 0 Å². The Morgan fingerprint density at radius 1 is 1.47 bits per heavy atom. The van der Waals surface area contributed by atoms with E-state index >= 15 is 0 Å². The van der Waals surface area contributed by atoms with Gasteiger partial charge in [0.15, 0.2) is 0 Å². The Hall–Kier alpha value is -0.500. The first-order valence-electron chi connectivity index (χ1n) is 5.51. The molecular weight excluding hydrogens is 258 g/mol. The van der Waals surface area contributed by atoms with Crippen molar-refractivity contribution >= 4 is 21.4 Å². The fraction of sp³-hybridized carbons (Fsp3) is 0.700. The predicted octanol–water partition coefficient (Wildman–Crippen LogP) is 0.869. The van der Waals surface area contributed by atoms with E-state index in [1.54, 1.807) is 0 Å². The quantitative estimate of drug-likeness (QED) is 0.776. The lowest BCUT2D eigenvalue weighted by Gasteiger charge is -2.08. The van der Waals surface area contributed by atoms with E-state index in [2.05, 4.69) is 15.0 Å². The summed E-state index contributed by atoms with van der Waals surface area (Å²) in [6.07, 6.45) is 0. The van der Waals surface area contributed by atoms with Crippen molar-refractivity contribution in [2.45, 2.75) is 33.4 Å². The molecule has 1 aromatic rings. The minimum atomic E-state index is -3.21. The number of sulfonamides is 1. The van der Waals surface area contributed by atoms with E-state index in [1.807, 2.05) is 26.2 Å². The van der Waals surface area contributed by atoms with E-state index in [0.29, 0.717) is 12.6 Å². The average Bonchev–Trinajstić information content (AvgIpc) is 2.61. The topological polar surface area (TPSA) is 71.1 Å². The number of aromatic nitrogens is 1. The van der Waals surface area contributed by atoms with Gasteiger partial charge < -0.3 is 5.32 Å². The second kappa shape index (κ2) is 6.44. The maximum atomic E-state index is 11.6. The molecule has 0 bridgehead atoms. The molecule has 0 fully saturated rings. The summed E-state index contributed by atoms with van der Waals surface area (Å²) in [6, 6.07) is 0.298. The van der Waals surface area contributed by atoms with E-state index in [0.717, 1.165) is 10.7 Å². The lowest BCUT2D eigenvalue weighted by atomic mass is 10.4. The van der Waals surface area contributed by atoms with E-state index in [4.69, 9.17) is 0 Å². The predicted molar refractivity (Wildman–Crippen MR) is 70.6 cm³/mol. The first-order valence-corrected chi connectivity index (χ1v) is 8.04. The summed E-state index contributed by atoms with van der Waals surface area (Å²) in [7, 11) is -3.21. The summed E-state index contributed by atoms with van der Waals surface area (Å²) >= 11 is 1.47. The summed E-state index contributed by atoms with van der Waals surface area (Å²) < 4.78 is 25.8. The van der Waals surface area contributed by atoms with E-state index in [9.17, 15) is 8.42 Å². The second-order valence-corrected chi connectivity index (χ2v) is 7.00. The standard InChI is InChI=1S/C10H19N3O2S2/c1-8(2)11-4-5-17(14,15)12-6-10-13-9(3)7-16-10/h7-8,11-12H,4-6H2,1-3H3. The van der Waals surface area contributed by atoms with Gasteiger partial charge >= 0.3 is 0 Å². The number of thiazole rings is 1. The van der Waals surface area contributed by atoms with Crippen LogP contribution < -0.4 is 10.0 Å². The molecule has 0 aliphatic heterocycles. The van der Waals surface area contributed by atoms with Crippen LogP contribution in [-0.2, 0) is 16.6 Å². The second-order valence-electron chi connectivity index (χ2n) is 4.13. The van der Waals surface area contributed by atoms with Gasteiger partial charge in [0.2, 0.25) is 10.0 Å². The molecule has 98 valence electrons. The van der Waals surface area contributed by atoms with Crippen molar-refractivity contribution in [3.05, 3.63) is 16.1 Å². The van der Waals surface area contributed by atoms with Crippen molar-refractivity contribution in [3.63, 3.8) is 0 Å². The minimum absolute atomic E-state index is 0.0928. The molecule has 0 aliphatic rings. The molecule has 1 rings (SSSR count). The molecule has 0 amide bonds. The number of hydrogen-bond donors (Lipinski definition) is 2. The Bertz CT molecular complexity index is 440. The maximum absolute atomic E-state index is 11.6. The van der Waals surface area contributed by atoms with Gasteiger partial charge in [0.1, 0.15) is 5.01 Å². The first kappa shape index (κ1) is 14.6. The fourth-order valence-electron chi connectivity index (χ4n) is 1.21. The SMILES string of the molecule is Cc1csc(CNS(=O)(=O)CCNC(C)C)n1. The monoisotopic (exact) mass is 277 g/mol. The summed E-state index contributed by atoms with van der Waals surface area (Å²) in [5.74, 6) is 0.0928. The Morgan fingerprint density at radius 3 is 2.71 bits per heavy atom. The Balaban J connectivity index is 2.34. The molecule has 1 heterocycles. The molecule has 0 unspecified atom stereocenters. The van der Waals surface area contributed by atoms with Crippen LogP contribution in [0.25, 0.3) is 0 Å². The van der Waals surface area contributed by atoms with Gasteiger partial charge in [-0.15, -0.1) is 11.3 Å². The Morgan fingerprint density at radius 2 is 2.18 bits per heavy atom. The molecular formula is C10H19N3O2S2. The first-order chi connectivity index (χ1) is 7.89. The molecule has 0 atom stereocenters. The number of nitrogens with zero attached hydrogens (tertiary/aromatic N) is 1. The third-order valence-corrected chi connectivity index (χ3v) is 4.33. The summed E-state index contributed by atoms with van der Waals surface area (Å²) in [4.78, 5) is 4.20.